The van der Waals surface area contributed by atoms with Gasteiger partial charge in [-0.05, 0) is 119 Å². The molecular formula is C34H40N6O2S. The maximum Gasteiger partial charge on any atom is 0.250 e. The Morgan fingerprint density at radius 2 is 1.74 bits per heavy atom. The number of rotatable bonds is 10. The van der Waals surface area contributed by atoms with Gasteiger partial charge >= 0.3 is 0 Å². The second kappa shape index (κ2) is 13.0. The van der Waals surface area contributed by atoms with Crippen molar-refractivity contribution >= 4 is 40.3 Å². The van der Waals surface area contributed by atoms with Crippen LogP contribution in [0.2, 0.25) is 0 Å². The first-order valence-electron chi connectivity index (χ1n) is 14.7. The highest BCUT2D eigenvalue weighted by atomic mass is 32.1. The summed E-state index contributed by atoms with van der Waals surface area (Å²) in [5, 5.41) is 7.13. The van der Waals surface area contributed by atoms with Gasteiger partial charge in [0.05, 0.1) is 17.8 Å². The molecule has 4 aromatic rings. The summed E-state index contributed by atoms with van der Waals surface area (Å²) in [6.07, 6.45) is 1.82. The van der Waals surface area contributed by atoms with E-state index in [0.717, 1.165) is 52.8 Å². The maximum absolute atomic E-state index is 12.2. The molecule has 0 radical (unpaired) electrons. The van der Waals surface area contributed by atoms with Crippen LogP contribution < -0.4 is 20.4 Å². The van der Waals surface area contributed by atoms with E-state index in [0.29, 0.717) is 5.11 Å². The van der Waals surface area contributed by atoms with Crippen LogP contribution in [0.15, 0.2) is 72.9 Å². The SMILES string of the molecule is CCN(CC)c1ccc(-n2c(C)cc([C@H]3[C@H](c4ccccn4)NC(=S)N3c3ccc(NC(=O)COC)c(C)c3)c2C)cc1. The Hall–Kier alpha value is -4.21. The lowest BCUT2D eigenvalue weighted by Crippen LogP contribution is -2.29. The monoisotopic (exact) mass is 596 g/mol. The van der Waals surface area contributed by atoms with E-state index in [2.05, 4.69) is 89.1 Å². The van der Waals surface area contributed by atoms with E-state index in [9.17, 15) is 4.79 Å². The molecule has 0 unspecified atom stereocenters. The van der Waals surface area contributed by atoms with Crippen LogP contribution in [-0.4, -0.2) is 47.4 Å². The molecule has 3 heterocycles. The lowest BCUT2D eigenvalue weighted by molar-refractivity contribution is -0.119. The quantitative estimate of drug-likeness (QED) is 0.205. The number of hydrogen-bond acceptors (Lipinski definition) is 5. The molecule has 8 nitrogen and oxygen atoms in total. The molecule has 1 saturated heterocycles. The predicted molar refractivity (Wildman–Crippen MR) is 178 cm³/mol. The van der Waals surface area contributed by atoms with E-state index in [1.165, 1.54) is 18.4 Å². The van der Waals surface area contributed by atoms with Crippen molar-refractivity contribution in [1.82, 2.24) is 14.9 Å². The number of carbonyl (C=O) groups is 1. The molecule has 0 aliphatic carbocycles. The van der Waals surface area contributed by atoms with E-state index < -0.39 is 0 Å². The first-order chi connectivity index (χ1) is 20.8. The van der Waals surface area contributed by atoms with Crippen molar-refractivity contribution in [2.24, 2.45) is 0 Å². The lowest BCUT2D eigenvalue weighted by atomic mass is 9.96. The zero-order valence-electron chi connectivity index (χ0n) is 25.7. The summed E-state index contributed by atoms with van der Waals surface area (Å²) in [7, 11) is 1.51. The average Bonchev–Trinajstić information content (AvgIpc) is 3.50. The highest BCUT2D eigenvalue weighted by Crippen LogP contribution is 2.44. The Morgan fingerprint density at radius 3 is 2.37 bits per heavy atom. The number of thiocarbonyl (C=S) groups is 1. The van der Waals surface area contributed by atoms with Crippen molar-refractivity contribution in [1.29, 1.82) is 0 Å². The minimum atomic E-state index is -0.192. The Balaban J connectivity index is 1.57. The summed E-state index contributed by atoms with van der Waals surface area (Å²) in [5.41, 5.74) is 9.35. The van der Waals surface area contributed by atoms with E-state index in [4.69, 9.17) is 21.9 Å². The number of pyridine rings is 1. The minimum absolute atomic E-state index is 0.00294. The van der Waals surface area contributed by atoms with Crippen molar-refractivity contribution < 1.29 is 9.53 Å². The van der Waals surface area contributed by atoms with E-state index in [-0.39, 0.29) is 24.6 Å². The standard InChI is InChI=1S/C34H40N6O2S/c1-7-38(8-2)25-12-14-26(15-13-25)39-23(4)20-28(24(39)5)33-32(30-11-9-10-18-35-30)37-34(43)40(33)27-16-17-29(22(3)19-27)36-31(41)21-42-6/h9-20,32-33H,7-8,21H2,1-6H3,(H,36,41)(H,37,43)/t32-,33-/m0/s1. The highest BCUT2D eigenvalue weighted by Gasteiger charge is 2.42. The molecule has 2 atom stereocenters. The van der Waals surface area contributed by atoms with Gasteiger partial charge in [0.2, 0.25) is 5.91 Å². The van der Waals surface area contributed by atoms with Gasteiger partial charge in [0.25, 0.3) is 0 Å². The molecular weight excluding hydrogens is 556 g/mol. The third kappa shape index (κ3) is 6.00. The smallest absolute Gasteiger partial charge is 0.250 e. The van der Waals surface area contributed by atoms with Crippen molar-refractivity contribution in [2.45, 2.75) is 46.7 Å². The second-order valence-electron chi connectivity index (χ2n) is 10.8. The van der Waals surface area contributed by atoms with E-state index in [1.54, 1.807) is 0 Å². The van der Waals surface area contributed by atoms with Gasteiger partial charge in [0.15, 0.2) is 5.11 Å². The zero-order valence-corrected chi connectivity index (χ0v) is 26.5. The lowest BCUT2D eigenvalue weighted by Gasteiger charge is -2.29. The molecule has 2 N–H and O–H groups in total. The molecule has 5 rings (SSSR count). The number of anilines is 3. The van der Waals surface area contributed by atoms with Crippen LogP contribution in [0.25, 0.3) is 5.69 Å². The summed E-state index contributed by atoms with van der Waals surface area (Å²) in [6, 6.07) is 22.7. The van der Waals surface area contributed by atoms with Crippen LogP contribution in [0.4, 0.5) is 17.1 Å². The van der Waals surface area contributed by atoms with Crippen LogP contribution in [0.1, 0.15) is 54.1 Å². The van der Waals surface area contributed by atoms with Crippen LogP contribution >= 0.6 is 12.2 Å². The van der Waals surface area contributed by atoms with Crippen molar-refractivity contribution in [3.8, 4) is 5.69 Å². The molecule has 1 aliphatic rings. The summed E-state index contributed by atoms with van der Waals surface area (Å²) in [5.74, 6) is -0.192. The van der Waals surface area contributed by atoms with Gasteiger partial charge in [0, 0.05) is 60.5 Å². The number of hydrogen-bond donors (Lipinski definition) is 2. The van der Waals surface area contributed by atoms with Crippen molar-refractivity contribution in [3.05, 3.63) is 101 Å². The Labute approximate surface area is 259 Å². The molecule has 1 aliphatic heterocycles. The molecule has 1 amide bonds. The summed E-state index contributed by atoms with van der Waals surface area (Å²) in [6.45, 7) is 12.6. The molecule has 0 bridgehead atoms. The minimum Gasteiger partial charge on any atom is -0.375 e. The Kier molecular flexibility index (Phi) is 9.13. The third-order valence-electron chi connectivity index (χ3n) is 8.16. The van der Waals surface area contributed by atoms with Gasteiger partial charge in [-0.25, -0.2) is 0 Å². The Bertz CT molecular complexity index is 1600. The molecule has 43 heavy (non-hydrogen) atoms. The summed E-state index contributed by atoms with van der Waals surface area (Å²) < 4.78 is 7.29. The number of benzene rings is 2. The predicted octanol–water partition coefficient (Wildman–Crippen LogP) is 6.41. The van der Waals surface area contributed by atoms with Crippen LogP contribution in [0.5, 0.6) is 0 Å². The van der Waals surface area contributed by atoms with Crippen LogP contribution in [0.3, 0.4) is 0 Å². The number of ether oxygens (including phenoxy) is 1. The van der Waals surface area contributed by atoms with Gasteiger partial charge in [-0.15, -0.1) is 0 Å². The summed E-state index contributed by atoms with van der Waals surface area (Å²) in [4.78, 5) is 21.4. The van der Waals surface area contributed by atoms with Gasteiger partial charge in [-0.2, -0.15) is 0 Å². The fraction of sp³-hybridized carbons (Fsp3) is 0.324. The normalized spacial score (nSPS) is 16.3. The van der Waals surface area contributed by atoms with Gasteiger partial charge in [-0.1, -0.05) is 6.07 Å². The van der Waals surface area contributed by atoms with Crippen molar-refractivity contribution in [2.75, 3.05) is 41.9 Å². The molecule has 9 heteroatoms. The number of nitrogens with one attached hydrogen (secondary N) is 2. The van der Waals surface area contributed by atoms with Gasteiger partial charge < -0.3 is 29.7 Å². The fourth-order valence-electron chi connectivity index (χ4n) is 6.09. The first-order valence-corrected chi connectivity index (χ1v) is 15.1. The average molecular weight is 597 g/mol. The van der Waals surface area contributed by atoms with E-state index in [1.807, 2.05) is 43.5 Å². The maximum atomic E-state index is 12.2. The van der Waals surface area contributed by atoms with Crippen LogP contribution in [0, 0.1) is 20.8 Å². The van der Waals surface area contributed by atoms with E-state index >= 15 is 0 Å². The highest BCUT2D eigenvalue weighted by molar-refractivity contribution is 7.80. The largest absolute Gasteiger partial charge is 0.375 e. The molecule has 2 aromatic carbocycles. The molecule has 1 fully saturated rings. The molecule has 2 aromatic heterocycles. The van der Waals surface area contributed by atoms with Crippen molar-refractivity contribution in [3.63, 3.8) is 0 Å². The molecule has 0 saturated carbocycles. The number of methoxy groups -OCH3 is 1. The molecule has 0 spiro atoms. The van der Waals surface area contributed by atoms with Gasteiger partial charge in [-0.3, -0.25) is 9.78 Å². The topological polar surface area (TPSA) is 74.7 Å². The van der Waals surface area contributed by atoms with Gasteiger partial charge in [0.1, 0.15) is 6.61 Å². The second-order valence-corrected chi connectivity index (χ2v) is 11.2. The fourth-order valence-corrected chi connectivity index (χ4v) is 6.44. The molecule has 224 valence electrons. The Morgan fingerprint density at radius 1 is 1.02 bits per heavy atom. The van der Waals surface area contributed by atoms with Crippen LogP contribution in [-0.2, 0) is 9.53 Å². The number of carbonyl (C=O) groups excluding carboxylic acids is 1. The third-order valence-corrected chi connectivity index (χ3v) is 8.48. The zero-order chi connectivity index (χ0) is 30.7. The summed E-state index contributed by atoms with van der Waals surface area (Å²) >= 11 is 5.98. The first kappa shape index (κ1) is 30.3. The number of aromatic nitrogens is 2. The number of aryl methyl sites for hydroxylation is 2. The number of nitrogens with zero attached hydrogens (tertiary/aromatic N) is 4. The number of amides is 1.